The molecule has 2 rings (SSSR count). The summed E-state index contributed by atoms with van der Waals surface area (Å²) < 4.78 is 0. The number of hydrogen-bond donors (Lipinski definition) is 0. The van der Waals surface area contributed by atoms with Gasteiger partial charge in [0.2, 0.25) is 0 Å². The molecule has 0 fully saturated rings. The molecular weight excluding hydrogens is 156 g/mol. The fourth-order valence-electron chi connectivity index (χ4n) is 1.70. The van der Waals surface area contributed by atoms with Gasteiger partial charge in [-0.1, -0.05) is 48.6 Å². The second-order valence-electron chi connectivity index (χ2n) is 3.55. The summed E-state index contributed by atoms with van der Waals surface area (Å²) >= 11 is 0. The first-order chi connectivity index (χ1) is 6.36. The zero-order valence-electron chi connectivity index (χ0n) is 7.79. The lowest BCUT2D eigenvalue weighted by atomic mass is 9.91. The summed E-state index contributed by atoms with van der Waals surface area (Å²) in [6.07, 6.45) is 5.68. The second-order valence-corrected chi connectivity index (χ2v) is 3.55. The summed E-state index contributed by atoms with van der Waals surface area (Å²) in [5.74, 6) is 0. The molecule has 0 atom stereocenters. The van der Waals surface area contributed by atoms with Gasteiger partial charge in [0.1, 0.15) is 0 Å². The van der Waals surface area contributed by atoms with Crippen LogP contribution in [0.3, 0.4) is 0 Å². The van der Waals surface area contributed by atoms with Gasteiger partial charge in [-0.25, -0.2) is 0 Å². The standard InChI is InChI=1S/C13H14/c1-11-7-9-13(10-8-11)12-5-3-2-4-6-12/h2-6,9H,1,7-8,10H2. The Balaban J connectivity index is 2.23. The molecule has 0 saturated carbocycles. The molecule has 1 aliphatic carbocycles. The van der Waals surface area contributed by atoms with Crippen LogP contribution in [0.5, 0.6) is 0 Å². The molecule has 13 heavy (non-hydrogen) atoms. The van der Waals surface area contributed by atoms with Gasteiger partial charge in [-0.3, -0.25) is 0 Å². The maximum absolute atomic E-state index is 4.00. The Labute approximate surface area is 79.6 Å². The maximum atomic E-state index is 4.00. The summed E-state index contributed by atoms with van der Waals surface area (Å²) in [6.45, 7) is 4.00. The van der Waals surface area contributed by atoms with Crippen LogP contribution in [0.2, 0.25) is 0 Å². The van der Waals surface area contributed by atoms with Gasteiger partial charge in [0.15, 0.2) is 0 Å². The fourth-order valence-corrected chi connectivity index (χ4v) is 1.70. The summed E-state index contributed by atoms with van der Waals surface area (Å²) in [7, 11) is 0. The molecule has 0 amide bonds. The summed E-state index contributed by atoms with van der Waals surface area (Å²) in [4.78, 5) is 0. The van der Waals surface area contributed by atoms with Gasteiger partial charge in [-0.2, -0.15) is 0 Å². The second kappa shape index (κ2) is 3.61. The zero-order valence-corrected chi connectivity index (χ0v) is 7.79. The molecule has 0 spiro atoms. The van der Waals surface area contributed by atoms with E-state index in [2.05, 4.69) is 43.0 Å². The molecule has 0 heterocycles. The highest BCUT2D eigenvalue weighted by atomic mass is 14.1. The van der Waals surface area contributed by atoms with Gasteiger partial charge >= 0.3 is 0 Å². The molecule has 0 aromatic heterocycles. The van der Waals surface area contributed by atoms with Crippen molar-refractivity contribution in [2.45, 2.75) is 19.3 Å². The van der Waals surface area contributed by atoms with Crippen molar-refractivity contribution in [2.24, 2.45) is 0 Å². The Morgan fingerprint density at radius 3 is 2.38 bits per heavy atom. The van der Waals surface area contributed by atoms with E-state index in [4.69, 9.17) is 0 Å². The molecule has 0 aliphatic heterocycles. The highest BCUT2D eigenvalue weighted by Gasteiger charge is 2.06. The van der Waals surface area contributed by atoms with E-state index in [-0.39, 0.29) is 0 Å². The Hall–Kier alpha value is -1.30. The molecule has 0 heteroatoms. The van der Waals surface area contributed by atoms with Crippen LogP contribution in [0.4, 0.5) is 0 Å². The molecule has 66 valence electrons. The van der Waals surface area contributed by atoms with Crippen molar-refractivity contribution in [3.63, 3.8) is 0 Å². The largest absolute Gasteiger partial charge is 0.0995 e. The molecule has 0 nitrogen and oxygen atoms in total. The van der Waals surface area contributed by atoms with Crippen molar-refractivity contribution in [3.8, 4) is 0 Å². The zero-order chi connectivity index (χ0) is 9.10. The van der Waals surface area contributed by atoms with E-state index in [0.717, 1.165) is 19.3 Å². The quantitative estimate of drug-likeness (QED) is 0.562. The minimum Gasteiger partial charge on any atom is -0.0995 e. The van der Waals surface area contributed by atoms with Crippen LogP contribution in [0, 0.1) is 0 Å². The topological polar surface area (TPSA) is 0 Å². The Kier molecular flexibility index (Phi) is 2.31. The predicted octanol–water partition coefficient (Wildman–Crippen LogP) is 3.81. The van der Waals surface area contributed by atoms with Crippen LogP contribution in [0.15, 0.2) is 48.6 Å². The van der Waals surface area contributed by atoms with E-state index in [0.29, 0.717) is 0 Å². The number of benzene rings is 1. The van der Waals surface area contributed by atoms with Crippen molar-refractivity contribution < 1.29 is 0 Å². The molecule has 0 unspecified atom stereocenters. The average molecular weight is 170 g/mol. The summed E-state index contributed by atoms with van der Waals surface area (Å²) in [6, 6.07) is 10.6. The molecule has 1 aromatic carbocycles. The number of hydrogen-bond acceptors (Lipinski definition) is 0. The third kappa shape index (κ3) is 1.89. The van der Waals surface area contributed by atoms with E-state index in [1.54, 1.807) is 0 Å². The first kappa shape index (κ1) is 8.31. The van der Waals surface area contributed by atoms with Crippen LogP contribution >= 0.6 is 0 Å². The predicted molar refractivity (Wildman–Crippen MR) is 57.4 cm³/mol. The Morgan fingerprint density at radius 2 is 1.77 bits per heavy atom. The van der Waals surface area contributed by atoms with Crippen LogP contribution in [-0.4, -0.2) is 0 Å². The van der Waals surface area contributed by atoms with Crippen molar-refractivity contribution in [1.29, 1.82) is 0 Å². The lowest BCUT2D eigenvalue weighted by Gasteiger charge is -2.14. The first-order valence-electron chi connectivity index (χ1n) is 4.77. The molecule has 0 N–H and O–H groups in total. The lowest BCUT2D eigenvalue weighted by molar-refractivity contribution is 0.922. The third-order valence-electron chi connectivity index (χ3n) is 2.53. The van der Waals surface area contributed by atoms with E-state index in [9.17, 15) is 0 Å². The van der Waals surface area contributed by atoms with Gasteiger partial charge in [0.25, 0.3) is 0 Å². The minimum absolute atomic E-state index is 1.06. The van der Waals surface area contributed by atoms with E-state index >= 15 is 0 Å². The van der Waals surface area contributed by atoms with Crippen molar-refractivity contribution in [1.82, 2.24) is 0 Å². The van der Waals surface area contributed by atoms with Gasteiger partial charge < -0.3 is 0 Å². The molecule has 0 radical (unpaired) electrons. The van der Waals surface area contributed by atoms with E-state index in [1.165, 1.54) is 16.7 Å². The minimum atomic E-state index is 1.06. The SMILES string of the molecule is C=C1CC=C(c2ccccc2)CC1. The van der Waals surface area contributed by atoms with Gasteiger partial charge in [-0.15, -0.1) is 0 Å². The highest BCUT2D eigenvalue weighted by molar-refractivity contribution is 5.67. The first-order valence-corrected chi connectivity index (χ1v) is 4.77. The summed E-state index contributed by atoms with van der Waals surface area (Å²) in [5.41, 5.74) is 4.21. The van der Waals surface area contributed by atoms with E-state index < -0.39 is 0 Å². The van der Waals surface area contributed by atoms with Gasteiger partial charge in [0, 0.05) is 0 Å². The number of allylic oxidation sites excluding steroid dienone is 3. The average Bonchev–Trinajstić information content (AvgIpc) is 2.20. The molecule has 0 bridgehead atoms. The maximum Gasteiger partial charge on any atom is -0.0135 e. The monoisotopic (exact) mass is 170 g/mol. The summed E-state index contributed by atoms with van der Waals surface area (Å²) in [5, 5.41) is 0. The van der Waals surface area contributed by atoms with E-state index in [1.807, 2.05) is 0 Å². The Morgan fingerprint density at radius 1 is 1.00 bits per heavy atom. The lowest BCUT2D eigenvalue weighted by Crippen LogP contribution is -1.93. The van der Waals surface area contributed by atoms with Crippen LogP contribution in [0.25, 0.3) is 5.57 Å². The normalized spacial score (nSPS) is 16.9. The number of rotatable bonds is 1. The van der Waals surface area contributed by atoms with Crippen LogP contribution < -0.4 is 0 Å². The Bertz CT molecular complexity index is 330. The molecule has 1 aliphatic rings. The van der Waals surface area contributed by atoms with Crippen molar-refractivity contribution in [3.05, 3.63) is 54.1 Å². The van der Waals surface area contributed by atoms with Crippen LogP contribution in [-0.2, 0) is 0 Å². The molecular formula is C13H14. The highest BCUT2D eigenvalue weighted by Crippen LogP contribution is 2.28. The fraction of sp³-hybridized carbons (Fsp3) is 0.231. The van der Waals surface area contributed by atoms with Gasteiger partial charge in [-0.05, 0) is 30.4 Å². The van der Waals surface area contributed by atoms with Crippen molar-refractivity contribution >= 4 is 5.57 Å². The molecule has 1 aromatic rings. The third-order valence-corrected chi connectivity index (χ3v) is 2.53. The molecule has 0 saturated heterocycles. The van der Waals surface area contributed by atoms with Crippen molar-refractivity contribution in [2.75, 3.05) is 0 Å². The smallest absolute Gasteiger partial charge is 0.0135 e. The van der Waals surface area contributed by atoms with Crippen LogP contribution in [0.1, 0.15) is 24.8 Å². The van der Waals surface area contributed by atoms with Gasteiger partial charge in [0.05, 0.1) is 0 Å².